The molecule has 0 saturated heterocycles. The third-order valence-electron chi connectivity index (χ3n) is 6.39. The lowest BCUT2D eigenvalue weighted by atomic mass is 10.1. The first-order valence-corrected chi connectivity index (χ1v) is 14.5. The maximum absolute atomic E-state index is 13.8. The molecule has 0 fully saturated rings. The molecule has 1 heterocycles. The van der Waals surface area contributed by atoms with Gasteiger partial charge in [-0.25, -0.2) is 8.42 Å². The number of carbonyl (C=O) groups excluding carboxylic acids is 2. The summed E-state index contributed by atoms with van der Waals surface area (Å²) in [4.78, 5) is 28.5. The minimum Gasteiger partial charge on any atom is -0.497 e. The number of rotatable bonds is 12. The monoisotopic (exact) mass is 547 g/mol. The van der Waals surface area contributed by atoms with Crippen LogP contribution in [0.2, 0.25) is 0 Å². The van der Waals surface area contributed by atoms with E-state index in [-0.39, 0.29) is 24.2 Å². The van der Waals surface area contributed by atoms with Crippen molar-refractivity contribution in [3.05, 3.63) is 48.0 Å². The van der Waals surface area contributed by atoms with Crippen LogP contribution in [-0.2, 0) is 26.2 Å². The molecule has 38 heavy (non-hydrogen) atoms. The molecule has 3 rings (SSSR count). The molecule has 11 heteroatoms. The number of carbonyl (C=O) groups is 2. The molecule has 0 bridgehead atoms. The smallest absolute Gasteiger partial charge is 0.244 e. The predicted molar refractivity (Wildman–Crippen MR) is 145 cm³/mol. The van der Waals surface area contributed by atoms with Gasteiger partial charge < -0.3 is 24.4 Å². The van der Waals surface area contributed by atoms with Gasteiger partial charge in [0.05, 0.1) is 19.1 Å². The normalized spacial score (nSPS) is 14.2. The Balaban J connectivity index is 1.94. The number of fused-ring (bicyclic) bond motifs is 1. The number of nitrogens with zero attached hydrogens (tertiary/aromatic N) is 2. The van der Waals surface area contributed by atoms with E-state index in [0.717, 1.165) is 22.5 Å². The standard InChI is InChI=1S/C27H37N3O7S/c1-6-19(3)28-27(32)23(7-2)29(17-20-8-11-22(35-4)12-9-20)26(31)18-30(38(5,33)34)21-10-13-24-25(16-21)37-15-14-36-24/h8-13,16,19,23H,6-7,14-15,17-18H2,1-5H3,(H,28,32). The number of hydrogen-bond acceptors (Lipinski definition) is 7. The molecule has 208 valence electrons. The quantitative estimate of drug-likeness (QED) is 0.435. The van der Waals surface area contributed by atoms with Crippen LogP contribution >= 0.6 is 0 Å². The summed E-state index contributed by atoms with van der Waals surface area (Å²) in [6.45, 7) is 6.06. The van der Waals surface area contributed by atoms with E-state index < -0.39 is 28.5 Å². The highest BCUT2D eigenvalue weighted by Gasteiger charge is 2.32. The summed E-state index contributed by atoms with van der Waals surface area (Å²) in [6, 6.07) is 11.1. The van der Waals surface area contributed by atoms with Crippen molar-refractivity contribution in [2.24, 2.45) is 0 Å². The molecule has 1 aliphatic rings. The zero-order valence-corrected chi connectivity index (χ0v) is 23.4. The Morgan fingerprint density at radius 1 is 1.03 bits per heavy atom. The second-order valence-electron chi connectivity index (χ2n) is 9.21. The van der Waals surface area contributed by atoms with Crippen molar-refractivity contribution in [1.29, 1.82) is 0 Å². The van der Waals surface area contributed by atoms with Gasteiger partial charge in [0.2, 0.25) is 21.8 Å². The minimum absolute atomic E-state index is 0.0697. The van der Waals surface area contributed by atoms with Gasteiger partial charge in [0.15, 0.2) is 11.5 Å². The van der Waals surface area contributed by atoms with Gasteiger partial charge >= 0.3 is 0 Å². The molecule has 0 spiro atoms. The van der Waals surface area contributed by atoms with E-state index in [1.54, 1.807) is 37.4 Å². The number of ether oxygens (including phenoxy) is 3. The average molecular weight is 548 g/mol. The summed E-state index contributed by atoms with van der Waals surface area (Å²) in [5.41, 5.74) is 1.05. The maximum Gasteiger partial charge on any atom is 0.244 e. The lowest BCUT2D eigenvalue weighted by Gasteiger charge is -2.33. The van der Waals surface area contributed by atoms with Crippen LogP contribution in [0.25, 0.3) is 0 Å². The van der Waals surface area contributed by atoms with E-state index in [1.807, 2.05) is 32.9 Å². The van der Waals surface area contributed by atoms with Crippen molar-refractivity contribution >= 4 is 27.5 Å². The summed E-state index contributed by atoms with van der Waals surface area (Å²) in [6.07, 6.45) is 2.13. The maximum atomic E-state index is 13.8. The number of anilines is 1. The lowest BCUT2D eigenvalue weighted by molar-refractivity contribution is -0.140. The SMILES string of the molecule is CCC(C)NC(=O)C(CC)N(Cc1ccc(OC)cc1)C(=O)CN(c1ccc2c(c1)OCCO2)S(C)(=O)=O. The average Bonchev–Trinajstić information content (AvgIpc) is 2.90. The van der Waals surface area contributed by atoms with Gasteiger partial charge in [-0.3, -0.25) is 13.9 Å². The Labute approximate surface area is 224 Å². The second-order valence-corrected chi connectivity index (χ2v) is 11.1. The van der Waals surface area contributed by atoms with Crippen LogP contribution in [0.15, 0.2) is 42.5 Å². The molecule has 2 aromatic rings. The number of hydrogen-bond donors (Lipinski definition) is 1. The summed E-state index contributed by atoms with van der Waals surface area (Å²) in [5.74, 6) is 0.786. The first-order valence-electron chi connectivity index (χ1n) is 12.7. The molecule has 10 nitrogen and oxygen atoms in total. The molecule has 2 atom stereocenters. The molecule has 2 aromatic carbocycles. The molecule has 2 unspecified atom stereocenters. The van der Waals surface area contributed by atoms with Gasteiger partial charge in [-0.2, -0.15) is 0 Å². The molecule has 1 aliphatic heterocycles. The van der Waals surface area contributed by atoms with Gasteiger partial charge in [0.1, 0.15) is 31.5 Å². The van der Waals surface area contributed by atoms with Crippen LogP contribution in [0.3, 0.4) is 0 Å². The summed E-state index contributed by atoms with van der Waals surface area (Å²) >= 11 is 0. The number of benzene rings is 2. The molecule has 1 N–H and O–H groups in total. The van der Waals surface area contributed by atoms with Crippen LogP contribution in [0.1, 0.15) is 39.2 Å². The molecule has 0 saturated carbocycles. The number of nitrogens with one attached hydrogen (secondary N) is 1. The van der Waals surface area contributed by atoms with Crippen molar-refractivity contribution < 1.29 is 32.2 Å². The summed E-state index contributed by atoms with van der Waals surface area (Å²) in [7, 11) is -2.29. The topological polar surface area (TPSA) is 114 Å². The molecular weight excluding hydrogens is 510 g/mol. The van der Waals surface area contributed by atoms with E-state index in [2.05, 4.69) is 5.32 Å². The fourth-order valence-electron chi connectivity index (χ4n) is 4.09. The largest absolute Gasteiger partial charge is 0.497 e. The van der Waals surface area contributed by atoms with E-state index >= 15 is 0 Å². The summed E-state index contributed by atoms with van der Waals surface area (Å²) < 4.78 is 43.1. The Morgan fingerprint density at radius 3 is 2.26 bits per heavy atom. The van der Waals surface area contributed by atoms with E-state index in [1.165, 1.54) is 4.90 Å². The fraction of sp³-hybridized carbons (Fsp3) is 0.481. The van der Waals surface area contributed by atoms with Crippen molar-refractivity contribution in [2.45, 2.75) is 52.2 Å². The zero-order valence-electron chi connectivity index (χ0n) is 22.6. The Morgan fingerprint density at radius 2 is 1.68 bits per heavy atom. The zero-order chi connectivity index (χ0) is 27.9. The lowest BCUT2D eigenvalue weighted by Crippen LogP contribution is -2.53. The van der Waals surface area contributed by atoms with E-state index in [9.17, 15) is 18.0 Å². The molecular formula is C27H37N3O7S. The Kier molecular flexibility index (Phi) is 9.84. The highest BCUT2D eigenvalue weighted by atomic mass is 32.2. The third-order valence-corrected chi connectivity index (χ3v) is 7.53. The van der Waals surface area contributed by atoms with Crippen LogP contribution in [0, 0.1) is 0 Å². The van der Waals surface area contributed by atoms with E-state index in [0.29, 0.717) is 36.9 Å². The Hall–Kier alpha value is -3.47. The van der Waals surface area contributed by atoms with Crippen molar-refractivity contribution in [2.75, 3.05) is 37.4 Å². The first kappa shape index (κ1) is 29.1. The minimum atomic E-state index is -3.86. The number of methoxy groups -OCH3 is 1. The van der Waals surface area contributed by atoms with Gasteiger partial charge in [-0.05, 0) is 49.6 Å². The van der Waals surface area contributed by atoms with Crippen LogP contribution in [0.4, 0.5) is 5.69 Å². The third kappa shape index (κ3) is 7.31. The number of sulfonamides is 1. The van der Waals surface area contributed by atoms with E-state index in [4.69, 9.17) is 14.2 Å². The van der Waals surface area contributed by atoms with Crippen molar-refractivity contribution in [1.82, 2.24) is 10.2 Å². The van der Waals surface area contributed by atoms with Gasteiger partial charge in [-0.15, -0.1) is 0 Å². The fourth-order valence-corrected chi connectivity index (χ4v) is 4.93. The van der Waals surface area contributed by atoms with Gasteiger partial charge in [0, 0.05) is 18.7 Å². The van der Waals surface area contributed by atoms with Crippen LogP contribution < -0.4 is 23.8 Å². The number of amides is 2. The molecule has 0 aliphatic carbocycles. The van der Waals surface area contributed by atoms with Crippen LogP contribution in [-0.4, -0.2) is 70.3 Å². The highest BCUT2D eigenvalue weighted by Crippen LogP contribution is 2.34. The predicted octanol–water partition coefficient (Wildman–Crippen LogP) is 2.95. The van der Waals surface area contributed by atoms with Crippen molar-refractivity contribution in [3.63, 3.8) is 0 Å². The Bertz CT molecular complexity index is 1220. The van der Waals surface area contributed by atoms with Gasteiger partial charge in [-0.1, -0.05) is 26.0 Å². The molecule has 0 radical (unpaired) electrons. The highest BCUT2D eigenvalue weighted by molar-refractivity contribution is 7.92. The second kappa shape index (κ2) is 12.9. The van der Waals surface area contributed by atoms with Gasteiger partial charge in [0.25, 0.3) is 0 Å². The summed E-state index contributed by atoms with van der Waals surface area (Å²) in [5, 5.41) is 2.95. The van der Waals surface area contributed by atoms with Crippen LogP contribution in [0.5, 0.6) is 17.2 Å². The van der Waals surface area contributed by atoms with Crippen molar-refractivity contribution in [3.8, 4) is 17.2 Å². The molecule has 2 amide bonds. The molecule has 0 aromatic heterocycles. The first-order chi connectivity index (χ1) is 18.1.